The summed E-state index contributed by atoms with van der Waals surface area (Å²) in [6.45, 7) is 9.62. The number of carbonyl (C=O) groups excluding carboxylic acids is 4. The normalized spacial score (nSPS) is 14.2. The van der Waals surface area contributed by atoms with Crippen molar-refractivity contribution in [2.24, 2.45) is 11.8 Å². The van der Waals surface area contributed by atoms with Crippen molar-refractivity contribution in [2.75, 3.05) is 39.6 Å². The standard InChI is InChI=1S/C80H156O17P2/c1-7-10-12-14-16-18-20-21-22-23-24-25-26-27-28-29-30-32-40-46-52-58-64-79(84)96-75(68-91-78(83)63-57-51-45-39-34-33-37-43-49-55-61-73(6)9-3)70-94-98(86,87)92-66-74(81)67-93-99(88,89)95-71-76(69-90-77(82)62-56-50-44-38-31-19-17-15-13-11-8-2)97-80(85)65-59-53-47-41-35-36-42-48-54-60-72(4)5/h72-76,81H,7-71H2,1-6H3,(H,86,87)(H,88,89)/t73?,74-,75-,76-/m1/s1. The summed E-state index contributed by atoms with van der Waals surface area (Å²) < 4.78 is 68.6. The lowest BCUT2D eigenvalue weighted by atomic mass is 9.99. The molecule has 0 saturated carbocycles. The Morgan fingerprint density at radius 1 is 0.293 bits per heavy atom. The van der Waals surface area contributed by atoms with Gasteiger partial charge in [0, 0.05) is 25.7 Å². The summed E-state index contributed by atoms with van der Waals surface area (Å²) in [5, 5.41) is 10.6. The van der Waals surface area contributed by atoms with E-state index in [1.54, 1.807) is 0 Å². The Hall–Kier alpha value is -1.94. The van der Waals surface area contributed by atoms with Crippen LogP contribution in [0.3, 0.4) is 0 Å². The van der Waals surface area contributed by atoms with Gasteiger partial charge in [-0.15, -0.1) is 0 Å². The predicted molar refractivity (Wildman–Crippen MR) is 405 cm³/mol. The summed E-state index contributed by atoms with van der Waals surface area (Å²) in [7, 11) is -9.92. The van der Waals surface area contributed by atoms with Crippen molar-refractivity contribution in [3.63, 3.8) is 0 Å². The van der Waals surface area contributed by atoms with Crippen molar-refractivity contribution < 1.29 is 80.2 Å². The lowest BCUT2D eigenvalue weighted by Crippen LogP contribution is -2.30. The molecule has 0 spiro atoms. The van der Waals surface area contributed by atoms with Crippen LogP contribution in [0.4, 0.5) is 0 Å². The van der Waals surface area contributed by atoms with Gasteiger partial charge in [0.15, 0.2) is 12.2 Å². The van der Waals surface area contributed by atoms with E-state index >= 15 is 0 Å². The summed E-state index contributed by atoms with van der Waals surface area (Å²) in [5.41, 5.74) is 0. The molecule has 6 atom stereocenters. The Morgan fingerprint density at radius 2 is 0.515 bits per heavy atom. The molecule has 0 aliphatic heterocycles. The highest BCUT2D eigenvalue weighted by atomic mass is 31.2. The molecule has 19 heteroatoms. The summed E-state index contributed by atoms with van der Waals surface area (Å²) in [6, 6.07) is 0. The number of esters is 4. The summed E-state index contributed by atoms with van der Waals surface area (Å²) in [4.78, 5) is 72.9. The van der Waals surface area contributed by atoms with Crippen molar-refractivity contribution in [1.29, 1.82) is 0 Å². The van der Waals surface area contributed by atoms with E-state index in [0.29, 0.717) is 25.7 Å². The summed E-state index contributed by atoms with van der Waals surface area (Å²) >= 11 is 0. The molecule has 17 nitrogen and oxygen atoms in total. The number of hydrogen-bond acceptors (Lipinski definition) is 15. The van der Waals surface area contributed by atoms with Crippen molar-refractivity contribution >= 4 is 39.5 Å². The minimum atomic E-state index is -4.96. The quantitative estimate of drug-likeness (QED) is 0.0222. The van der Waals surface area contributed by atoms with Gasteiger partial charge in [-0.05, 0) is 37.5 Å². The van der Waals surface area contributed by atoms with Gasteiger partial charge in [0.05, 0.1) is 26.4 Å². The largest absolute Gasteiger partial charge is 0.472 e. The molecule has 0 amide bonds. The van der Waals surface area contributed by atoms with Gasteiger partial charge in [-0.1, -0.05) is 369 Å². The Kier molecular flexibility index (Phi) is 70.3. The van der Waals surface area contributed by atoms with E-state index in [9.17, 15) is 43.2 Å². The van der Waals surface area contributed by atoms with Crippen molar-refractivity contribution in [3.8, 4) is 0 Å². The first-order chi connectivity index (χ1) is 47.9. The molecule has 0 rings (SSSR count). The number of aliphatic hydroxyl groups excluding tert-OH is 1. The summed E-state index contributed by atoms with van der Waals surface area (Å²) in [6.07, 6.45) is 61.1. The maximum absolute atomic E-state index is 13.1. The SMILES string of the molecule is CCCCCCCCCCCCCCCCCCCCCCCCC(=O)O[C@H](COC(=O)CCCCCCCCCCCCC(C)CC)COP(=O)(O)OC[C@@H](O)COP(=O)(O)OC[C@@H](COC(=O)CCCCCCCCCCCCC)OC(=O)CCCCCCCCCCCC(C)C. The van der Waals surface area contributed by atoms with Gasteiger partial charge in [0.1, 0.15) is 19.3 Å². The average Bonchev–Trinajstić information content (AvgIpc) is 2.68. The number of aliphatic hydroxyl groups is 1. The number of rotatable bonds is 79. The van der Waals surface area contributed by atoms with Crippen molar-refractivity contribution in [3.05, 3.63) is 0 Å². The zero-order valence-corrected chi connectivity index (χ0v) is 66.6. The van der Waals surface area contributed by atoms with Crippen molar-refractivity contribution in [1.82, 2.24) is 0 Å². The number of phosphoric acid groups is 2. The van der Waals surface area contributed by atoms with Crippen LogP contribution in [0.15, 0.2) is 0 Å². The Bertz CT molecular complexity index is 1910. The Balaban J connectivity index is 5.21. The van der Waals surface area contributed by atoms with E-state index in [4.69, 9.17) is 37.0 Å². The highest BCUT2D eigenvalue weighted by Gasteiger charge is 2.30. The fraction of sp³-hybridized carbons (Fsp3) is 0.950. The van der Waals surface area contributed by atoms with E-state index in [-0.39, 0.29) is 25.7 Å². The average molecular weight is 1450 g/mol. The van der Waals surface area contributed by atoms with Crippen LogP contribution in [0.2, 0.25) is 0 Å². The molecule has 0 aromatic heterocycles. The second-order valence-electron chi connectivity index (χ2n) is 29.5. The predicted octanol–water partition coefficient (Wildman–Crippen LogP) is 23.9. The van der Waals surface area contributed by atoms with Crippen LogP contribution in [0.5, 0.6) is 0 Å². The molecule has 3 unspecified atom stereocenters. The van der Waals surface area contributed by atoms with Crippen LogP contribution in [0.1, 0.15) is 420 Å². The molecular weight excluding hydrogens is 1290 g/mol. The monoisotopic (exact) mass is 1450 g/mol. The molecule has 0 saturated heterocycles. The smallest absolute Gasteiger partial charge is 0.462 e. The molecule has 3 N–H and O–H groups in total. The third-order valence-corrected chi connectivity index (χ3v) is 21.0. The van der Waals surface area contributed by atoms with Crippen LogP contribution in [-0.2, 0) is 65.4 Å². The van der Waals surface area contributed by atoms with E-state index in [1.165, 1.54) is 238 Å². The van der Waals surface area contributed by atoms with E-state index < -0.39 is 97.5 Å². The molecular formula is C80H156O17P2. The van der Waals surface area contributed by atoms with E-state index in [2.05, 4.69) is 41.5 Å². The van der Waals surface area contributed by atoms with Gasteiger partial charge in [-0.25, -0.2) is 9.13 Å². The van der Waals surface area contributed by atoms with Crippen LogP contribution >= 0.6 is 15.6 Å². The molecule has 0 aliphatic rings. The second kappa shape index (κ2) is 71.7. The number of phosphoric ester groups is 2. The molecule has 99 heavy (non-hydrogen) atoms. The highest BCUT2D eigenvalue weighted by molar-refractivity contribution is 7.47. The van der Waals surface area contributed by atoms with Crippen LogP contribution < -0.4 is 0 Å². The molecule has 0 radical (unpaired) electrons. The van der Waals surface area contributed by atoms with Gasteiger partial charge in [-0.2, -0.15) is 0 Å². The van der Waals surface area contributed by atoms with Gasteiger partial charge in [-0.3, -0.25) is 37.3 Å². The lowest BCUT2D eigenvalue weighted by molar-refractivity contribution is -0.161. The molecule has 0 aromatic carbocycles. The highest BCUT2D eigenvalue weighted by Crippen LogP contribution is 2.45. The molecule has 0 heterocycles. The van der Waals surface area contributed by atoms with E-state index in [1.807, 2.05) is 0 Å². The second-order valence-corrected chi connectivity index (χ2v) is 32.4. The molecule has 0 aromatic rings. The number of carbonyl (C=O) groups is 4. The Morgan fingerprint density at radius 3 is 0.768 bits per heavy atom. The molecule has 0 fully saturated rings. The maximum Gasteiger partial charge on any atom is 0.472 e. The number of unbranched alkanes of at least 4 members (excludes halogenated alkanes) is 48. The van der Waals surface area contributed by atoms with Crippen molar-refractivity contribution in [2.45, 2.75) is 439 Å². The minimum Gasteiger partial charge on any atom is -0.462 e. The van der Waals surface area contributed by atoms with E-state index in [0.717, 1.165) is 102 Å². The van der Waals surface area contributed by atoms with Gasteiger partial charge in [0.2, 0.25) is 0 Å². The summed E-state index contributed by atoms with van der Waals surface area (Å²) in [5.74, 6) is -0.566. The van der Waals surface area contributed by atoms with Crippen LogP contribution in [0, 0.1) is 11.8 Å². The van der Waals surface area contributed by atoms with Crippen LogP contribution in [-0.4, -0.2) is 96.7 Å². The minimum absolute atomic E-state index is 0.106. The molecule has 588 valence electrons. The third-order valence-electron chi connectivity index (χ3n) is 19.1. The maximum atomic E-state index is 13.1. The zero-order valence-electron chi connectivity index (χ0n) is 64.8. The molecule has 0 bridgehead atoms. The zero-order chi connectivity index (χ0) is 72.8. The Labute approximate surface area is 607 Å². The topological polar surface area (TPSA) is 237 Å². The number of hydrogen-bond donors (Lipinski definition) is 3. The first kappa shape index (κ1) is 97.1. The first-order valence-electron chi connectivity index (χ1n) is 41.5. The van der Waals surface area contributed by atoms with Crippen LogP contribution in [0.25, 0.3) is 0 Å². The third kappa shape index (κ3) is 72.8. The fourth-order valence-corrected chi connectivity index (χ4v) is 13.9. The van der Waals surface area contributed by atoms with Gasteiger partial charge >= 0.3 is 39.5 Å². The first-order valence-corrected chi connectivity index (χ1v) is 44.5. The molecule has 0 aliphatic carbocycles. The number of ether oxygens (including phenoxy) is 4. The van der Waals surface area contributed by atoms with Gasteiger partial charge < -0.3 is 33.8 Å². The fourth-order valence-electron chi connectivity index (χ4n) is 12.3. The van der Waals surface area contributed by atoms with Gasteiger partial charge in [0.25, 0.3) is 0 Å². The lowest BCUT2D eigenvalue weighted by Gasteiger charge is -2.21.